The van der Waals surface area contributed by atoms with Crippen LogP contribution in [-0.2, 0) is 0 Å². The Morgan fingerprint density at radius 3 is 2.32 bits per heavy atom. The summed E-state index contributed by atoms with van der Waals surface area (Å²) in [5.41, 5.74) is 1.12. The number of rotatable bonds is 5. The maximum Gasteiger partial charge on any atom is 0.182 e. The SMILES string of the molecule is CCN(CC(=O)c1ccccc1)c1ccccc1F. The van der Waals surface area contributed by atoms with Crippen LogP contribution in [0, 0.1) is 5.82 Å². The second-order valence-electron chi connectivity index (χ2n) is 4.25. The molecular weight excluding hydrogens is 241 g/mol. The summed E-state index contributed by atoms with van der Waals surface area (Å²) in [4.78, 5) is 13.9. The first-order valence-electron chi connectivity index (χ1n) is 6.30. The van der Waals surface area contributed by atoms with E-state index in [0.29, 0.717) is 17.8 Å². The first kappa shape index (κ1) is 13.3. The number of ketones is 1. The smallest absolute Gasteiger partial charge is 0.182 e. The first-order valence-corrected chi connectivity index (χ1v) is 6.30. The molecule has 0 aliphatic heterocycles. The molecule has 0 unspecified atom stereocenters. The monoisotopic (exact) mass is 257 g/mol. The number of carbonyl (C=O) groups is 1. The number of halogens is 1. The summed E-state index contributed by atoms with van der Waals surface area (Å²) in [5, 5.41) is 0. The highest BCUT2D eigenvalue weighted by Gasteiger charge is 2.14. The van der Waals surface area contributed by atoms with Crippen LogP contribution in [-0.4, -0.2) is 18.9 Å². The lowest BCUT2D eigenvalue weighted by atomic mass is 10.1. The van der Waals surface area contributed by atoms with Gasteiger partial charge in [0.25, 0.3) is 0 Å². The van der Waals surface area contributed by atoms with Crippen molar-refractivity contribution in [3.8, 4) is 0 Å². The van der Waals surface area contributed by atoms with E-state index in [0.717, 1.165) is 0 Å². The molecule has 0 spiro atoms. The standard InChI is InChI=1S/C16H16FNO/c1-2-18(15-11-7-6-10-14(15)17)12-16(19)13-8-4-3-5-9-13/h3-11H,2,12H2,1H3. The fourth-order valence-corrected chi connectivity index (χ4v) is 1.96. The molecule has 0 bridgehead atoms. The van der Waals surface area contributed by atoms with Crippen LogP contribution in [0.15, 0.2) is 54.6 Å². The minimum atomic E-state index is -0.301. The summed E-state index contributed by atoms with van der Waals surface area (Å²) in [7, 11) is 0. The molecule has 2 aromatic carbocycles. The summed E-state index contributed by atoms with van der Waals surface area (Å²) < 4.78 is 13.7. The van der Waals surface area contributed by atoms with Crippen molar-refractivity contribution in [1.82, 2.24) is 0 Å². The van der Waals surface area contributed by atoms with E-state index in [4.69, 9.17) is 0 Å². The molecule has 0 fully saturated rings. The second kappa shape index (κ2) is 6.14. The molecule has 98 valence electrons. The molecule has 0 aliphatic rings. The molecule has 0 radical (unpaired) electrons. The van der Waals surface area contributed by atoms with Gasteiger partial charge in [-0.05, 0) is 19.1 Å². The van der Waals surface area contributed by atoms with Crippen LogP contribution in [0.5, 0.6) is 0 Å². The molecule has 0 aromatic heterocycles. The van der Waals surface area contributed by atoms with Crippen LogP contribution >= 0.6 is 0 Å². The van der Waals surface area contributed by atoms with Crippen LogP contribution in [0.2, 0.25) is 0 Å². The molecule has 0 saturated heterocycles. The van der Waals surface area contributed by atoms with Crippen molar-refractivity contribution in [2.24, 2.45) is 0 Å². The van der Waals surface area contributed by atoms with Crippen molar-refractivity contribution >= 4 is 11.5 Å². The van der Waals surface area contributed by atoms with E-state index in [1.165, 1.54) is 6.07 Å². The minimum Gasteiger partial charge on any atom is -0.362 e. The van der Waals surface area contributed by atoms with E-state index in [-0.39, 0.29) is 18.1 Å². The van der Waals surface area contributed by atoms with E-state index < -0.39 is 0 Å². The molecule has 19 heavy (non-hydrogen) atoms. The summed E-state index contributed by atoms with van der Waals surface area (Å²) in [6.07, 6.45) is 0. The largest absolute Gasteiger partial charge is 0.362 e. The molecular formula is C16H16FNO. The van der Waals surface area contributed by atoms with Gasteiger partial charge in [0.2, 0.25) is 0 Å². The Bertz CT molecular complexity index is 554. The Hall–Kier alpha value is -2.16. The third-order valence-corrected chi connectivity index (χ3v) is 3.01. The van der Waals surface area contributed by atoms with Gasteiger partial charge in [-0.25, -0.2) is 4.39 Å². The predicted octanol–water partition coefficient (Wildman–Crippen LogP) is 3.53. The Morgan fingerprint density at radius 1 is 1.05 bits per heavy atom. The fourth-order valence-electron chi connectivity index (χ4n) is 1.96. The molecule has 0 amide bonds. The van der Waals surface area contributed by atoms with Crippen molar-refractivity contribution in [3.63, 3.8) is 0 Å². The maximum atomic E-state index is 13.7. The highest BCUT2D eigenvalue weighted by molar-refractivity contribution is 5.99. The zero-order valence-electron chi connectivity index (χ0n) is 10.8. The second-order valence-corrected chi connectivity index (χ2v) is 4.25. The number of anilines is 1. The number of benzene rings is 2. The zero-order chi connectivity index (χ0) is 13.7. The van der Waals surface area contributed by atoms with Crippen molar-refractivity contribution in [1.29, 1.82) is 0 Å². The maximum absolute atomic E-state index is 13.7. The molecule has 0 heterocycles. The molecule has 0 saturated carbocycles. The van der Waals surface area contributed by atoms with Gasteiger partial charge >= 0.3 is 0 Å². The number of carbonyl (C=O) groups excluding carboxylic acids is 1. The number of nitrogens with zero attached hydrogens (tertiary/aromatic N) is 1. The predicted molar refractivity (Wildman–Crippen MR) is 75.1 cm³/mol. The summed E-state index contributed by atoms with van der Waals surface area (Å²) in [6.45, 7) is 2.67. The number of hydrogen-bond donors (Lipinski definition) is 0. The molecule has 2 nitrogen and oxygen atoms in total. The topological polar surface area (TPSA) is 20.3 Å². The Kier molecular flexibility index (Phi) is 4.29. The van der Waals surface area contributed by atoms with Gasteiger partial charge in [0.15, 0.2) is 5.78 Å². The van der Waals surface area contributed by atoms with E-state index in [1.807, 2.05) is 25.1 Å². The fraction of sp³-hybridized carbons (Fsp3) is 0.188. The van der Waals surface area contributed by atoms with Crippen molar-refractivity contribution in [3.05, 3.63) is 66.0 Å². The zero-order valence-corrected chi connectivity index (χ0v) is 10.8. The highest BCUT2D eigenvalue weighted by atomic mass is 19.1. The third kappa shape index (κ3) is 3.19. The van der Waals surface area contributed by atoms with Crippen molar-refractivity contribution < 1.29 is 9.18 Å². The summed E-state index contributed by atoms with van der Waals surface area (Å²) in [6, 6.07) is 15.6. The molecule has 0 aliphatic carbocycles. The molecule has 3 heteroatoms. The van der Waals surface area contributed by atoms with Gasteiger partial charge in [0.05, 0.1) is 12.2 Å². The van der Waals surface area contributed by atoms with Crippen LogP contribution < -0.4 is 4.90 Å². The van der Waals surface area contributed by atoms with Crippen LogP contribution in [0.3, 0.4) is 0 Å². The molecule has 2 rings (SSSR count). The minimum absolute atomic E-state index is 0.00861. The van der Waals surface area contributed by atoms with Gasteiger partial charge in [-0.3, -0.25) is 4.79 Å². The molecule has 0 N–H and O–H groups in total. The average Bonchev–Trinajstić information content (AvgIpc) is 2.46. The Labute approximate surface area is 112 Å². The molecule has 2 aromatic rings. The van der Waals surface area contributed by atoms with E-state index in [2.05, 4.69) is 0 Å². The lowest BCUT2D eigenvalue weighted by Gasteiger charge is -2.22. The quantitative estimate of drug-likeness (QED) is 0.764. The highest BCUT2D eigenvalue weighted by Crippen LogP contribution is 2.18. The number of likely N-dealkylation sites (N-methyl/N-ethyl adjacent to an activating group) is 1. The Morgan fingerprint density at radius 2 is 1.68 bits per heavy atom. The van der Waals surface area contributed by atoms with Gasteiger partial charge < -0.3 is 4.90 Å². The first-order chi connectivity index (χ1) is 9.22. The lowest BCUT2D eigenvalue weighted by Crippen LogP contribution is -2.30. The average molecular weight is 257 g/mol. The number of hydrogen-bond acceptors (Lipinski definition) is 2. The molecule has 0 atom stereocenters. The van der Waals surface area contributed by atoms with Crippen LogP contribution in [0.1, 0.15) is 17.3 Å². The number of para-hydroxylation sites is 1. The summed E-state index contributed by atoms with van der Waals surface area (Å²) >= 11 is 0. The van der Waals surface area contributed by atoms with E-state index in [1.54, 1.807) is 35.2 Å². The van der Waals surface area contributed by atoms with Gasteiger partial charge in [0, 0.05) is 12.1 Å². The lowest BCUT2D eigenvalue weighted by molar-refractivity contribution is 0.0999. The van der Waals surface area contributed by atoms with Crippen molar-refractivity contribution in [2.75, 3.05) is 18.0 Å². The van der Waals surface area contributed by atoms with Gasteiger partial charge in [-0.2, -0.15) is 0 Å². The van der Waals surface area contributed by atoms with E-state index in [9.17, 15) is 9.18 Å². The normalized spacial score (nSPS) is 10.2. The van der Waals surface area contributed by atoms with Gasteiger partial charge in [-0.1, -0.05) is 42.5 Å². The van der Waals surface area contributed by atoms with Crippen LogP contribution in [0.25, 0.3) is 0 Å². The Balaban J connectivity index is 2.17. The van der Waals surface area contributed by atoms with Gasteiger partial charge in [0.1, 0.15) is 5.82 Å². The number of Topliss-reactive ketones (excluding diaryl/α,β-unsaturated/α-hetero) is 1. The van der Waals surface area contributed by atoms with Gasteiger partial charge in [-0.15, -0.1) is 0 Å². The van der Waals surface area contributed by atoms with Crippen molar-refractivity contribution in [2.45, 2.75) is 6.92 Å². The third-order valence-electron chi connectivity index (χ3n) is 3.01. The van der Waals surface area contributed by atoms with Crippen LogP contribution in [0.4, 0.5) is 10.1 Å². The van der Waals surface area contributed by atoms with E-state index >= 15 is 0 Å². The summed E-state index contributed by atoms with van der Waals surface area (Å²) in [5.74, 6) is -0.309.